The second kappa shape index (κ2) is 9.42. The number of hydrogen-bond acceptors (Lipinski definition) is 4. The molecule has 0 saturated carbocycles. The number of carbonyl (C=O) groups excluding carboxylic acids is 2. The largest absolute Gasteiger partial charge is 0.493 e. The maximum atomic E-state index is 12.0. The summed E-state index contributed by atoms with van der Waals surface area (Å²) in [5.74, 6) is -0.283. The Balaban J connectivity index is 1.88. The number of anilines is 1. The Morgan fingerprint density at radius 2 is 1.88 bits per heavy atom. The highest BCUT2D eigenvalue weighted by atomic mass is 16.5. The van der Waals surface area contributed by atoms with Crippen LogP contribution in [0.4, 0.5) is 5.69 Å². The lowest BCUT2D eigenvalue weighted by atomic mass is 10.1. The van der Waals surface area contributed by atoms with Crippen molar-refractivity contribution >= 4 is 23.6 Å². The predicted octanol–water partition coefficient (Wildman–Crippen LogP) is 3.90. The van der Waals surface area contributed by atoms with E-state index in [1.807, 2.05) is 63.2 Å². The molecule has 0 spiro atoms. The number of hydrogen-bond donors (Lipinski definition) is 1. The molecular weight excluding hydrogens is 330 g/mol. The molecule has 5 heteroatoms. The first-order valence-corrected chi connectivity index (χ1v) is 8.43. The van der Waals surface area contributed by atoms with E-state index in [2.05, 4.69) is 5.32 Å². The SMILES string of the molecule is CCOc1ccccc1C=CC(=O)OCC(=O)Nc1cc(C)ccc1C. The normalized spacial score (nSPS) is 10.6. The van der Waals surface area contributed by atoms with Gasteiger partial charge >= 0.3 is 5.97 Å². The molecule has 136 valence electrons. The second-order valence-corrected chi connectivity index (χ2v) is 5.78. The molecule has 0 bridgehead atoms. The fraction of sp³-hybridized carbons (Fsp3) is 0.238. The van der Waals surface area contributed by atoms with Crippen molar-refractivity contribution in [1.82, 2.24) is 0 Å². The summed E-state index contributed by atoms with van der Waals surface area (Å²) in [6.45, 7) is 5.93. The summed E-state index contributed by atoms with van der Waals surface area (Å²) in [6.07, 6.45) is 2.89. The van der Waals surface area contributed by atoms with Gasteiger partial charge in [-0.05, 0) is 50.1 Å². The molecule has 1 N–H and O–H groups in total. The zero-order chi connectivity index (χ0) is 18.9. The quantitative estimate of drug-likeness (QED) is 0.606. The van der Waals surface area contributed by atoms with Crippen LogP contribution in [-0.2, 0) is 14.3 Å². The Morgan fingerprint density at radius 3 is 2.65 bits per heavy atom. The van der Waals surface area contributed by atoms with Crippen LogP contribution in [0.15, 0.2) is 48.5 Å². The minimum Gasteiger partial charge on any atom is -0.493 e. The fourth-order valence-corrected chi connectivity index (χ4v) is 2.30. The van der Waals surface area contributed by atoms with Crippen molar-refractivity contribution in [3.05, 3.63) is 65.2 Å². The Labute approximate surface area is 153 Å². The maximum absolute atomic E-state index is 12.0. The zero-order valence-electron chi connectivity index (χ0n) is 15.2. The smallest absolute Gasteiger partial charge is 0.331 e. The van der Waals surface area contributed by atoms with Gasteiger partial charge in [0.15, 0.2) is 6.61 Å². The molecule has 26 heavy (non-hydrogen) atoms. The lowest BCUT2D eigenvalue weighted by Crippen LogP contribution is -2.20. The topological polar surface area (TPSA) is 64.6 Å². The number of rotatable bonds is 7. The molecule has 0 atom stereocenters. The Bertz CT molecular complexity index is 811. The van der Waals surface area contributed by atoms with Gasteiger partial charge in [0.1, 0.15) is 5.75 Å². The highest BCUT2D eigenvalue weighted by molar-refractivity contribution is 5.95. The van der Waals surface area contributed by atoms with Crippen molar-refractivity contribution in [2.45, 2.75) is 20.8 Å². The van der Waals surface area contributed by atoms with E-state index in [0.717, 1.165) is 16.7 Å². The molecule has 0 unspecified atom stereocenters. The molecule has 0 heterocycles. The number of amides is 1. The fourth-order valence-electron chi connectivity index (χ4n) is 2.30. The number of benzene rings is 2. The molecule has 2 rings (SSSR count). The van der Waals surface area contributed by atoms with E-state index in [9.17, 15) is 9.59 Å². The molecule has 0 radical (unpaired) electrons. The molecule has 0 aromatic heterocycles. The van der Waals surface area contributed by atoms with Crippen molar-refractivity contribution in [3.8, 4) is 5.75 Å². The van der Waals surface area contributed by atoms with Gasteiger partial charge < -0.3 is 14.8 Å². The molecule has 0 aliphatic rings. The van der Waals surface area contributed by atoms with Crippen LogP contribution in [0.5, 0.6) is 5.75 Å². The summed E-state index contributed by atoms with van der Waals surface area (Å²) >= 11 is 0. The van der Waals surface area contributed by atoms with Gasteiger partial charge in [-0.3, -0.25) is 4.79 Å². The number of para-hydroxylation sites is 1. The van der Waals surface area contributed by atoms with Gasteiger partial charge in [-0.1, -0.05) is 30.3 Å². The van der Waals surface area contributed by atoms with E-state index in [0.29, 0.717) is 18.0 Å². The van der Waals surface area contributed by atoms with Crippen LogP contribution in [0.3, 0.4) is 0 Å². The summed E-state index contributed by atoms with van der Waals surface area (Å²) in [7, 11) is 0. The highest BCUT2D eigenvalue weighted by Crippen LogP contribution is 2.19. The van der Waals surface area contributed by atoms with Crippen LogP contribution in [0.1, 0.15) is 23.6 Å². The third-order valence-electron chi connectivity index (χ3n) is 3.63. The van der Waals surface area contributed by atoms with E-state index >= 15 is 0 Å². The van der Waals surface area contributed by atoms with Crippen LogP contribution in [0.2, 0.25) is 0 Å². The average molecular weight is 353 g/mol. The maximum Gasteiger partial charge on any atom is 0.331 e. The van der Waals surface area contributed by atoms with Crippen molar-refractivity contribution in [3.63, 3.8) is 0 Å². The van der Waals surface area contributed by atoms with Crippen LogP contribution in [0.25, 0.3) is 6.08 Å². The van der Waals surface area contributed by atoms with Crippen LogP contribution < -0.4 is 10.1 Å². The minimum atomic E-state index is -0.590. The summed E-state index contributed by atoms with van der Waals surface area (Å²) in [4.78, 5) is 23.8. The zero-order valence-corrected chi connectivity index (χ0v) is 15.2. The van der Waals surface area contributed by atoms with Crippen LogP contribution in [0, 0.1) is 13.8 Å². The van der Waals surface area contributed by atoms with Gasteiger partial charge in [-0.2, -0.15) is 0 Å². The molecule has 1 amide bonds. The first kappa shape index (κ1) is 19.2. The van der Waals surface area contributed by atoms with E-state index in [4.69, 9.17) is 9.47 Å². The van der Waals surface area contributed by atoms with Crippen molar-refractivity contribution < 1.29 is 19.1 Å². The van der Waals surface area contributed by atoms with Gasteiger partial charge in [0, 0.05) is 17.3 Å². The molecule has 0 aliphatic carbocycles. The number of aryl methyl sites for hydroxylation is 2. The number of nitrogens with one attached hydrogen (secondary N) is 1. The third kappa shape index (κ3) is 5.77. The lowest BCUT2D eigenvalue weighted by molar-refractivity contribution is -0.142. The molecule has 0 fully saturated rings. The second-order valence-electron chi connectivity index (χ2n) is 5.78. The standard InChI is InChI=1S/C21H23NO4/c1-4-25-19-8-6-5-7-17(19)11-12-21(24)26-14-20(23)22-18-13-15(2)9-10-16(18)3/h5-13H,4,14H2,1-3H3,(H,22,23). The summed E-state index contributed by atoms with van der Waals surface area (Å²) < 4.78 is 10.5. The van der Waals surface area contributed by atoms with Gasteiger partial charge in [-0.15, -0.1) is 0 Å². The predicted molar refractivity (Wildman–Crippen MR) is 102 cm³/mol. The van der Waals surface area contributed by atoms with Crippen molar-refractivity contribution in [1.29, 1.82) is 0 Å². The number of ether oxygens (including phenoxy) is 2. The van der Waals surface area contributed by atoms with E-state index in [1.165, 1.54) is 6.08 Å². The Morgan fingerprint density at radius 1 is 1.12 bits per heavy atom. The first-order valence-electron chi connectivity index (χ1n) is 8.43. The van der Waals surface area contributed by atoms with Gasteiger partial charge in [0.2, 0.25) is 0 Å². The van der Waals surface area contributed by atoms with Crippen LogP contribution >= 0.6 is 0 Å². The first-order chi connectivity index (χ1) is 12.5. The molecule has 0 aliphatic heterocycles. The summed E-state index contributed by atoms with van der Waals surface area (Å²) in [5, 5.41) is 2.75. The summed E-state index contributed by atoms with van der Waals surface area (Å²) in [5.41, 5.74) is 3.47. The van der Waals surface area contributed by atoms with Crippen molar-refractivity contribution in [2.24, 2.45) is 0 Å². The molecular formula is C21H23NO4. The molecule has 0 saturated heterocycles. The van der Waals surface area contributed by atoms with Gasteiger partial charge in [0.25, 0.3) is 5.91 Å². The molecule has 2 aromatic rings. The Hall–Kier alpha value is -3.08. The van der Waals surface area contributed by atoms with Gasteiger partial charge in [0.05, 0.1) is 6.61 Å². The monoisotopic (exact) mass is 353 g/mol. The number of carbonyl (C=O) groups is 2. The minimum absolute atomic E-state index is 0.344. The van der Waals surface area contributed by atoms with Crippen molar-refractivity contribution in [2.75, 3.05) is 18.5 Å². The molecule has 5 nitrogen and oxygen atoms in total. The van der Waals surface area contributed by atoms with E-state index in [-0.39, 0.29) is 12.5 Å². The van der Waals surface area contributed by atoms with E-state index < -0.39 is 5.97 Å². The van der Waals surface area contributed by atoms with E-state index in [1.54, 1.807) is 6.08 Å². The van der Waals surface area contributed by atoms with Crippen LogP contribution in [-0.4, -0.2) is 25.1 Å². The molecule has 2 aromatic carbocycles. The average Bonchev–Trinajstić information content (AvgIpc) is 2.62. The summed E-state index contributed by atoms with van der Waals surface area (Å²) in [6, 6.07) is 13.1. The third-order valence-corrected chi connectivity index (χ3v) is 3.63. The van der Waals surface area contributed by atoms with Gasteiger partial charge in [-0.25, -0.2) is 4.79 Å². The number of esters is 1. The highest BCUT2D eigenvalue weighted by Gasteiger charge is 2.08. The lowest BCUT2D eigenvalue weighted by Gasteiger charge is -2.09. The Kier molecular flexibility index (Phi) is 6.97.